The van der Waals surface area contributed by atoms with Crippen LogP contribution in [-0.2, 0) is 21.2 Å². The van der Waals surface area contributed by atoms with Crippen molar-refractivity contribution in [1.82, 2.24) is 0 Å². The van der Waals surface area contributed by atoms with E-state index in [1.807, 2.05) is 50.2 Å². The Bertz CT molecular complexity index is 1160. The number of nitrogens with zero attached hydrogens (tertiary/aromatic N) is 1. The topological polar surface area (TPSA) is 66.5 Å². The fourth-order valence-corrected chi connectivity index (χ4v) is 5.31. The SMILES string of the molecule is CCc1cccc(C)c1NC(=O)CN1c2cccc3cccc(c23)S1(=O)=O. The van der Waals surface area contributed by atoms with Crippen molar-refractivity contribution in [3.8, 4) is 0 Å². The molecule has 0 unspecified atom stereocenters. The average Bonchev–Trinajstić information content (AvgIpc) is 2.87. The van der Waals surface area contributed by atoms with Crippen molar-refractivity contribution in [2.45, 2.75) is 25.2 Å². The lowest BCUT2D eigenvalue weighted by Gasteiger charge is -2.19. The molecule has 4 rings (SSSR count). The van der Waals surface area contributed by atoms with Crippen LogP contribution in [0.25, 0.3) is 10.8 Å². The molecule has 1 aliphatic heterocycles. The van der Waals surface area contributed by atoms with Crippen LogP contribution in [0.3, 0.4) is 0 Å². The van der Waals surface area contributed by atoms with E-state index >= 15 is 0 Å². The van der Waals surface area contributed by atoms with Crippen LogP contribution >= 0.6 is 0 Å². The number of aryl methyl sites for hydroxylation is 2. The molecule has 3 aromatic carbocycles. The maximum atomic E-state index is 13.0. The minimum absolute atomic E-state index is 0.256. The van der Waals surface area contributed by atoms with Crippen molar-refractivity contribution in [2.24, 2.45) is 0 Å². The van der Waals surface area contributed by atoms with E-state index in [-0.39, 0.29) is 17.3 Å². The first kappa shape index (κ1) is 17.5. The number of rotatable bonds is 4. The van der Waals surface area contributed by atoms with Crippen LogP contribution in [0.5, 0.6) is 0 Å². The summed E-state index contributed by atoms with van der Waals surface area (Å²) in [5.74, 6) is -0.354. The Balaban J connectivity index is 1.68. The Morgan fingerprint density at radius 3 is 2.48 bits per heavy atom. The maximum absolute atomic E-state index is 13.0. The largest absolute Gasteiger partial charge is 0.324 e. The van der Waals surface area contributed by atoms with Gasteiger partial charge in [0.25, 0.3) is 10.0 Å². The maximum Gasteiger partial charge on any atom is 0.265 e. The minimum atomic E-state index is -3.74. The highest BCUT2D eigenvalue weighted by Crippen LogP contribution is 2.41. The van der Waals surface area contributed by atoms with Crippen molar-refractivity contribution in [2.75, 3.05) is 16.2 Å². The van der Waals surface area contributed by atoms with Gasteiger partial charge in [0.1, 0.15) is 6.54 Å². The molecule has 5 nitrogen and oxygen atoms in total. The zero-order chi connectivity index (χ0) is 19.2. The summed E-state index contributed by atoms with van der Waals surface area (Å²) in [6.07, 6.45) is 0.782. The van der Waals surface area contributed by atoms with E-state index in [0.717, 1.165) is 28.6 Å². The summed E-state index contributed by atoms with van der Waals surface area (Å²) >= 11 is 0. The molecule has 0 fully saturated rings. The second-order valence-corrected chi connectivity index (χ2v) is 8.48. The van der Waals surface area contributed by atoms with E-state index in [1.54, 1.807) is 18.2 Å². The highest BCUT2D eigenvalue weighted by molar-refractivity contribution is 7.93. The molecule has 0 spiro atoms. The standard InChI is InChI=1S/C21H20N2O3S/c1-3-15-8-4-7-14(2)21(15)22-19(24)13-23-17-11-5-9-16-10-6-12-18(20(16)17)27(23,25)26/h4-12H,3,13H2,1-2H3,(H,22,24). The number of anilines is 2. The highest BCUT2D eigenvalue weighted by Gasteiger charge is 2.36. The lowest BCUT2D eigenvalue weighted by atomic mass is 10.1. The molecule has 6 heteroatoms. The summed E-state index contributed by atoms with van der Waals surface area (Å²) in [6.45, 7) is 3.69. The second kappa shape index (κ2) is 6.39. The van der Waals surface area contributed by atoms with Gasteiger partial charge in [-0.05, 0) is 42.0 Å². The van der Waals surface area contributed by atoms with Crippen molar-refractivity contribution in [3.63, 3.8) is 0 Å². The second-order valence-electron chi connectivity index (χ2n) is 6.65. The van der Waals surface area contributed by atoms with Crippen LogP contribution < -0.4 is 9.62 Å². The molecule has 0 aliphatic carbocycles. The third kappa shape index (κ3) is 2.77. The van der Waals surface area contributed by atoms with E-state index < -0.39 is 10.0 Å². The van der Waals surface area contributed by atoms with Crippen molar-refractivity contribution >= 4 is 38.1 Å². The van der Waals surface area contributed by atoms with Crippen molar-refractivity contribution < 1.29 is 13.2 Å². The lowest BCUT2D eigenvalue weighted by Crippen LogP contribution is -2.35. The summed E-state index contributed by atoms with van der Waals surface area (Å²) in [6, 6.07) is 16.5. The Labute approximate surface area is 158 Å². The first-order valence-corrected chi connectivity index (χ1v) is 10.3. The van der Waals surface area contributed by atoms with Gasteiger partial charge in [0.05, 0.1) is 10.6 Å². The third-order valence-electron chi connectivity index (χ3n) is 4.97. The monoisotopic (exact) mass is 380 g/mol. The predicted molar refractivity (Wildman–Crippen MR) is 108 cm³/mol. The van der Waals surface area contributed by atoms with Crippen LogP contribution in [0.15, 0.2) is 59.5 Å². The molecule has 0 saturated heterocycles. The van der Waals surface area contributed by atoms with Crippen molar-refractivity contribution in [1.29, 1.82) is 0 Å². The normalized spacial score (nSPS) is 14.5. The van der Waals surface area contributed by atoms with E-state index in [9.17, 15) is 13.2 Å². The first-order chi connectivity index (χ1) is 12.9. The highest BCUT2D eigenvalue weighted by atomic mass is 32.2. The van der Waals surface area contributed by atoms with Gasteiger partial charge in [-0.15, -0.1) is 0 Å². The van der Waals surface area contributed by atoms with Gasteiger partial charge in [-0.25, -0.2) is 8.42 Å². The van der Waals surface area contributed by atoms with Crippen LogP contribution in [-0.4, -0.2) is 20.9 Å². The van der Waals surface area contributed by atoms with Crippen LogP contribution in [0.2, 0.25) is 0 Å². The number of sulfonamides is 1. The van der Waals surface area contributed by atoms with Crippen LogP contribution in [0, 0.1) is 6.92 Å². The fraction of sp³-hybridized carbons (Fsp3) is 0.190. The summed E-state index contributed by atoms with van der Waals surface area (Å²) in [4.78, 5) is 13.0. The number of carbonyl (C=O) groups excluding carboxylic acids is 1. The Morgan fingerprint density at radius 1 is 1.04 bits per heavy atom. The number of nitrogens with one attached hydrogen (secondary N) is 1. The number of hydrogen-bond donors (Lipinski definition) is 1. The fourth-order valence-electron chi connectivity index (χ4n) is 3.64. The zero-order valence-corrected chi connectivity index (χ0v) is 16.0. The summed E-state index contributed by atoms with van der Waals surface area (Å²) in [7, 11) is -3.74. The zero-order valence-electron chi connectivity index (χ0n) is 15.2. The van der Waals surface area contributed by atoms with Gasteiger partial charge in [0.15, 0.2) is 0 Å². The van der Waals surface area contributed by atoms with Crippen LogP contribution in [0.4, 0.5) is 11.4 Å². The van der Waals surface area contributed by atoms with Gasteiger partial charge in [-0.1, -0.05) is 49.4 Å². The molecule has 0 aromatic heterocycles. The third-order valence-corrected chi connectivity index (χ3v) is 6.77. The van der Waals surface area contributed by atoms with E-state index in [4.69, 9.17) is 0 Å². The molecule has 3 aromatic rings. The van der Waals surface area contributed by atoms with Gasteiger partial charge >= 0.3 is 0 Å². The van der Waals surface area contributed by atoms with Gasteiger partial charge in [0, 0.05) is 11.1 Å². The number of amides is 1. The number of para-hydroxylation sites is 1. The van der Waals surface area contributed by atoms with Crippen LogP contribution in [0.1, 0.15) is 18.1 Å². The summed E-state index contributed by atoms with van der Waals surface area (Å²) in [5.41, 5.74) is 3.30. The molecule has 1 aliphatic rings. The number of hydrogen-bond acceptors (Lipinski definition) is 3. The molecule has 0 atom stereocenters. The Morgan fingerprint density at radius 2 is 1.74 bits per heavy atom. The molecule has 138 valence electrons. The molecule has 0 bridgehead atoms. The molecule has 1 N–H and O–H groups in total. The molecule has 1 amide bonds. The lowest BCUT2D eigenvalue weighted by molar-refractivity contribution is -0.114. The molecule has 27 heavy (non-hydrogen) atoms. The molecular formula is C21H20N2O3S. The molecule has 0 radical (unpaired) electrons. The van der Waals surface area contributed by atoms with Gasteiger partial charge in [-0.3, -0.25) is 9.10 Å². The Hall–Kier alpha value is -2.86. The smallest absolute Gasteiger partial charge is 0.265 e. The number of benzene rings is 3. The predicted octanol–water partition coefficient (Wildman–Crippen LogP) is 3.86. The average molecular weight is 380 g/mol. The van der Waals surface area contributed by atoms with E-state index in [0.29, 0.717) is 11.1 Å². The quantitative estimate of drug-likeness (QED) is 0.747. The minimum Gasteiger partial charge on any atom is -0.324 e. The number of carbonyl (C=O) groups is 1. The van der Waals surface area contributed by atoms with Crippen molar-refractivity contribution in [3.05, 3.63) is 65.7 Å². The summed E-state index contributed by atoms with van der Waals surface area (Å²) < 4.78 is 27.2. The molecule has 1 heterocycles. The van der Waals surface area contributed by atoms with E-state index in [1.165, 1.54) is 4.31 Å². The van der Waals surface area contributed by atoms with Gasteiger partial charge in [-0.2, -0.15) is 0 Å². The molecular weight excluding hydrogens is 360 g/mol. The first-order valence-electron chi connectivity index (χ1n) is 8.86. The summed E-state index contributed by atoms with van der Waals surface area (Å²) in [5, 5.41) is 4.44. The van der Waals surface area contributed by atoms with E-state index in [2.05, 4.69) is 5.32 Å². The van der Waals surface area contributed by atoms with Gasteiger partial charge in [0.2, 0.25) is 5.91 Å². The Kier molecular flexibility index (Phi) is 4.15. The molecule has 0 saturated carbocycles. The van der Waals surface area contributed by atoms with Gasteiger partial charge < -0.3 is 5.32 Å².